The van der Waals surface area contributed by atoms with Crippen LogP contribution in [0.2, 0.25) is 0 Å². The Kier molecular flexibility index (Phi) is 4.48. The number of piperidine rings is 1. The molecular weight excluding hydrogens is 364 g/mol. The summed E-state index contributed by atoms with van der Waals surface area (Å²) in [6, 6.07) is 13.4. The van der Waals surface area contributed by atoms with Crippen LogP contribution in [0.1, 0.15) is 35.1 Å². The molecular formula is C22H20N6O. The third kappa shape index (κ3) is 3.47. The first-order chi connectivity index (χ1) is 14.3. The average Bonchev–Trinajstić information content (AvgIpc) is 3.23. The van der Waals surface area contributed by atoms with Gasteiger partial charge in [0.25, 0.3) is 5.91 Å². The van der Waals surface area contributed by atoms with E-state index in [2.05, 4.69) is 9.97 Å². The third-order valence-electron chi connectivity index (χ3n) is 5.30. The second-order valence-corrected chi connectivity index (χ2v) is 7.24. The van der Waals surface area contributed by atoms with E-state index in [4.69, 9.17) is 10.1 Å². The fourth-order valence-electron chi connectivity index (χ4n) is 3.80. The van der Waals surface area contributed by atoms with Crippen molar-refractivity contribution in [2.45, 2.75) is 18.8 Å². The number of aromatic nitrogens is 5. The number of nitrogens with zero attached hydrogens (tertiary/aromatic N) is 6. The molecule has 1 saturated heterocycles. The van der Waals surface area contributed by atoms with Crippen molar-refractivity contribution in [1.29, 1.82) is 0 Å². The number of hydrogen-bond donors (Lipinski definition) is 0. The Morgan fingerprint density at radius 2 is 2.00 bits per heavy atom. The number of pyridine rings is 3. The van der Waals surface area contributed by atoms with Crippen LogP contribution in [0.4, 0.5) is 0 Å². The maximum atomic E-state index is 12.8. The molecule has 0 saturated carbocycles. The molecule has 1 amide bonds. The predicted molar refractivity (Wildman–Crippen MR) is 108 cm³/mol. The van der Waals surface area contributed by atoms with Gasteiger partial charge in [0.2, 0.25) is 0 Å². The number of likely N-dealkylation sites (tertiary alicyclic amines) is 1. The van der Waals surface area contributed by atoms with Gasteiger partial charge in [-0.3, -0.25) is 14.8 Å². The summed E-state index contributed by atoms with van der Waals surface area (Å²) in [5.74, 6) is 0.878. The Hall–Kier alpha value is -3.61. The molecule has 1 aliphatic heterocycles. The molecule has 4 aromatic heterocycles. The zero-order valence-corrected chi connectivity index (χ0v) is 15.8. The van der Waals surface area contributed by atoms with E-state index in [1.54, 1.807) is 18.5 Å². The van der Waals surface area contributed by atoms with Crippen molar-refractivity contribution >= 4 is 11.6 Å². The summed E-state index contributed by atoms with van der Waals surface area (Å²) in [4.78, 5) is 27.7. The zero-order valence-electron chi connectivity index (χ0n) is 15.8. The lowest BCUT2D eigenvalue weighted by Crippen LogP contribution is -2.39. The van der Waals surface area contributed by atoms with E-state index in [0.717, 1.165) is 42.0 Å². The van der Waals surface area contributed by atoms with E-state index in [1.165, 1.54) is 0 Å². The first-order valence-electron chi connectivity index (χ1n) is 9.75. The van der Waals surface area contributed by atoms with E-state index in [1.807, 2.05) is 58.2 Å². The molecule has 1 aliphatic rings. The average molecular weight is 384 g/mol. The first-order valence-corrected chi connectivity index (χ1v) is 9.75. The summed E-state index contributed by atoms with van der Waals surface area (Å²) in [5.41, 5.74) is 3.37. The normalized spacial score (nSPS) is 16.8. The minimum absolute atomic E-state index is 0.0297. The quantitative estimate of drug-likeness (QED) is 0.542. The van der Waals surface area contributed by atoms with Gasteiger partial charge < -0.3 is 4.90 Å². The van der Waals surface area contributed by atoms with Crippen molar-refractivity contribution in [3.8, 4) is 11.1 Å². The molecule has 7 nitrogen and oxygen atoms in total. The minimum Gasteiger partial charge on any atom is -0.337 e. The molecule has 0 spiro atoms. The highest BCUT2D eigenvalue weighted by Gasteiger charge is 2.28. The summed E-state index contributed by atoms with van der Waals surface area (Å²) in [5, 5.41) is 4.72. The summed E-state index contributed by atoms with van der Waals surface area (Å²) in [7, 11) is 0. The molecule has 7 heteroatoms. The second-order valence-electron chi connectivity index (χ2n) is 7.24. The smallest absolute Gasteiger partial charge is 0.272 e. The van der Waals surface area contributed by atoms with Crippen LogP contribution in [-0.4, -0.2) is 48.5 Å². The number of fused-ring (bicyclic) bond motifs is 1. The molecule has 144 valence electrons. The lowest BCUT2D eigenvalue weighted by atomic mass is 9.97. The van der Waals surface area contributed by atoms with Crippen molar-refractivity contribution in [3.63, 3.8) is 0 Å². The molecule has 0 radical (unpaired) electrons. The van der Waals surface area contributed by atoms with Crippen LogP contribution in [0.25, 0.3) is 16.8 Å². The van der Waals surface area contributed by atoms with Gasteiger partial charge >= 0.3 is 0 Å². The van der Waals surface area contributed by atoms with Crippen LogP contribution < -0.4 is 0 Å². The Morgan fingerprint density at radius 1 is 1.03 bits per heavy atom. The fraction of sp³-hybridized carbons (Fsp3) is 0.227. The molecule has 5 rings (SSSR count). The standard InChI is InChI=1S/C22H20N6O/c29-22(19-7-1-2-11-24-19)27-12-4-6-18(14-27)21-25-20-9-8-17(15-28(20)26-21)16-5-3-10-23-13-16/h1-3,5,7-11,13,15,18H,4,6,12,14H2/t18-/m0/s1. The number of rotatable bonds is 3. The summed E-state index contributed by atoms with van der Waals surface area (Å²) in [6.07, 6.45) is 9.12. The van der Waals surface area contributed by atoms with Gasteiger partial charge in [0.1, 0.15) is 5.69 Å². The van der Waals surface area contributed by atoms with Gasteiger partial charge in [0.05, 0.1) is 0 Å². The van der Waals surface area contributed by atoms with Crippen molar-refractivity contribution in [3.05, 3.63) is 78.8 Å². The monoisotopic (exact) mass is 384 g/mol. The van der Waals surface area contributed by atoms with E-state index < -0.39 is 0 Å². The summed E-state index contributed by atoms with van der Waals surface area (Å²) in [6.45, 7) is 1.35. The highest BCUT2D eigenvalue weighted by atomic mass is 16.2. The molecule has 0 aromatic carbocycles. The van der Waals surface area contributed by atoms with Gasteiger partial charge in [-0.1, -0.05) is 12.1 Å². The second kappa shape index (κ2) is 7.43. The molecule has 0 bridgehead atoms. The Labute approximate surface area is 168 Å². The van der Waals surface area contributed by atoms with E-state index >= 15 is 0 Å². The van der Waals surface area contributed by atoms with Crippen molar-refractivity contribution in [2.24, 2.45) is 0 Å². The zero-order chi connectivity index (χ0) is 19.6. The van der Waals surface area contributed by atoms with E-state index in [-0.39, 0.29) is 11.8 Å². The van der Waals surface area contributed by atoms with E-state index in [9.17, 15) is 4.79 Å². The van der Waals surface area contributed by atoms with Gasteiger partial charge in [-0.25, -0.2) is 9.50 Å². The van der Waals surface area contributed by atoms with Crippen molar-refractivity contribution in [1.82, 2.24) is 29.5 Å². The van der Waals surface area contributed by atoms with Crippen molar-refractivity contribution < 1.29 is 4.79 Å². The highest BCUT2D eigenvalue weighted by Crippen LogP contribution is 2.26. The molecule has 29 heavy (non-hydrogen) atoms. The van der Waals surface area contributed by atoms with Gasteiger partial charge in [0.15, 0.2) is 11.5 Å². The van der Waals surface area contributed by atoms with Crippen LogP contribution in [-0.2, 0) is 0 Å². The van der Waals surface area contributed by atoms with Gasteiger partial charge in [-0.2, -0.15) is 5.10 Å². The summed E-state index contributed by atoms with van der Waals surface area (Å²) >= 11 is 0. The number of carbonyl (C=O) groups excluding carboxylic acids is 1. The molecule has 0 unspecified atom stereocenters. The van der Waals surface area contributed by atoms with E-state index in [0.29, 0.717) is 12.2 Å². The number of hydrogen-bond acceptors (Lipinski definition) is 5. The largest absolute Gasteiger partial charge is 0.337 e. The van der Waals surface area contributed by atoms with Crippen LogP contribution >= 0.6 is 0 Å². The van der Waals surface area contributed by atoms with Crippen LogP contribution in [0.15, 0.2) is 67.3 Å². The predicted octanol–water partition coefficient (Wildman–Crippen LogP) is 3.21. The maximum Gasteiger partial charge on any atom is 0.272 e. The van der Waals surface area contributed by atoms with Gasteiger partial charge in [-0.15, -0.1) is 0 Å². The lowest BCUT2D eigenvalue weighted by molar-refractivity contribution is 0.0698. The Morgan fingerprint density at radius 3 is 2.83 bits per heavy atom. The molecule has 1 atom stereocenters. The first kappa shape index (κ1) is 17.5. The van der Waals surface area contributed by atoms with Crippen LogP contribution in [0.5, 0.6) is 0 Å². The molecule has 5 heterocycles. The minimum atomic E-state index is -0.0297. The molecule has 0 N–H and O–H groups in total. The van der Waals surface area contributed by atoms with Crippen molar-refractivity contribution in [2.75, 3.05) is 13.1 Å². The maximum absolute atomic E-state index is 12.8. The Balaban J connectivity index is 1.39. The number of amides is 1. The Bertz CT molecular complexity index is 1140. The summed E-state index contributed by atoms with van der Waals surface area (Å²) < 4.78 is 1.82. The van der Waals surface area contributed by atoms with Gasteiger partial charge in [-0.05, 0) is 43.2 Å². The topological polar surface area (TPSA) is 76.3 Å². The fourth-order valence-corrected chi connectivity index (χ4v) is 3.80. The lowest BCUT2D eigenvalue weighted by Gasteiger charge is -2.31. The van der Waals surface area contributed by atoms with Crippen LogP contribution in [0, 0.1) is 0 Å². The highest BCUT2D eigenvalue weighted by molar-refractivity contribution is 5.92. The molecule has 0 aliphatic carbocycles. The molecule has 1 fully saturated rings. The third-order valence-corrected chi connectivity index (χ3v) is 5.30. The molecule has 4 aromatic rings. The SMILES string of the molecule is O=C(c1ccccn1)N1CCC[C@H](c2nc3ccc(-c4cccnc4)cn3n2)C1. The van der Waals surface area contributed by atoms with Crippen LogP contribution in [0.3, 0.4) is 0 Å². The number of carbonyl (C=O) groups is 1. The van der Waals surface area contributed by atoms with Gasteiger partial charge in [0, 0.05) is 54.9 Å².